The van der Waals surface area contributed by atoms with Gasteiger partial charge in [-0.25, -0.2) is 0 Å². The van der Waals surface area contributed by atoms with E-state index in [0.29, 0.717) is 5.92 Å². The molecule has 104 valence electrons. The van der Waals surface area contributed by atoms with E-state index in [-0.39, 0.29) is 0 Å². The van der Waals surface area contributed by atoms with E-state index in [4.69, 9.17) is 4.74 Å². The molecular formula is C17H25NO. The number of hydrogen-bond donors (Lipinski definition) is 0. The molecule has 0 bridgehead atoms. The van der Waals surface area contributed by atoms with Gasteiger partial charge in [0.1, 0.15) is 5.75 Å². The van der Waals surface area contributed by atoms with Gasteiger partial charge in [0.25, 0.3) is 0 Å². The standard InChI is InChI=1S/C17H25NO/c1-5-6-7-14(2)12-15(3)18-13-16-8-10-17(19-4)11-9-16/h5-6,8-11,14H,7,12-13H2,1-4H3/b6-5?,18-15+. The molecule has 0 saturated heterocycles. The van der Waals surface area contributed by atoms with E-state index in [9.17, 15) is 0 Å². The summed E-state index contributed by atoms with van der Waals surface area (Å²) >= 11 is 0. The van der Waals surface area contributed by atoms with Crippen molar-refractivity contribution in [1.82, 2.24) is 0 Å². The fraction of sp³-hybridized carbons (Fsp3) is 0.471. The molecule has 1 aromatic rings. The second-order valence-electron chi connectivity index (χ2n) is 5.01. The molecule has 0 radical (unpaired) electrons. The van der Waals surface area contributed by atoms with Gasteiger partial charge in [0, 0.05) is 5.71 Å². The summed E-state index contributed by atoms with van der Waals surface area (Å²) in [5.41, 5.74) is 2.45. The number of ether oxygens (including phenoxy) is 1. The third kappa shape index (κ3) is 6.23. The summed E-state index contributed by atoms with van der Waals surface area (Å²) in [6, 6.07) is 8.10. The van der Waals surface area contributed by atoms with Crippen molar-refractivity contribution in [2.75, 3.05) is 7.11 Å². The van der Waals surface area contributed by atoms with Crippen molar-refractivity contribution in [2.24, 2.45) is 10.9 Å². The lowest BCUT2D eigenvalue weighted by Crippen LogP contribution is -2.01. The highest BCUT2D eigenvalue weighted by atomic mass is 16.5. The van der Waals surface area contributed by atoms with Gasteiger partial charge >= 0.3 is 0 Å². The fourth-order valence-electron chi connectivity index (χ4n) is 1.98. The van der Waals surface area contributed by atoms with Crippen molar-refractivity contribution >= 4 is 5.71 Å². The highest BCUT2D eigenvalue weighted by Crippen LogP contribution is 2.13. The van der Waals surface area contributed by atoms with Gasteiger partial charge in [-0.05, 0) is 50.3 Å². The smallest absolute Gasteiger partial charge is 0.118 e. The normalized spacial score (nSPS) is 13.8. The highest BCUT2D eigenvalue weighted by molar-refractivity contribution is 5.82. The zero-order chi connectivity index (χ0) is 14.1. The van der Waals surface area contributed by atoms with Crippen molar-refractivity contribution in [3.63, 3.8) is 0 Å². The molecule has 0 saturated carbocycles. The fourth-order valence-corrected chi connectivity index (χ4v) is 1.98. The Morgan fingerprint density at radius 2 is 2.00 bits per heavy atom. The first-order valence-electron chi connectivity index (χ1n) is 6.89. The molecule has 1 aromatic carbocycles. The average molecular weight is 259 g/mol. The molecule has 0 aliphatic carbocycles. The van der Waals surface area contributed by atoms with Gasteiger partial charge in [-0.15, -0.1) is 0 Å². The SMILES string of the molecule is CC=CCC(C)C/C(C)=N/Cc1ccc(OC)cc1. The molecule has 0 N–H and O–H groups in total. The van der Waals surface area contributed by atoms with Gasteiger partial charge in [0.15, 0.2) is 0 Å². The molecule has 0 fully saturated rings. The van der Waals surface area contributed by atoms with Crippen molar-refractivity contribution in [3.8, 4) is 5.75 Å². The Morgan fingerprint density at radius 3 is 2.58 bits per heavy atom. The Kier molecular flexibility index (Phi) is 6.94. The summed E-state index contributed by atoms with van der Waals surface area (Å²) in [6.07, 6.45) is 6.54. The number of benzene rings is 1. The molecule has 0 spiro atoms. The number of hydrogen-bond acceptors (Lipinski definition) is 2. The molecule has 2 nitrogen and oxygen atoms in total. The van der Waals surface area contributed by atoms with Gasteiger partial charge in [-0.2, -0.15) is 0 Å². The monoisotopic (exact) mass is 259 g/mol. The number of methoxy groups -OCH3 is 1. The van der Waals surface area contributed by atoms with Crippen molar-refractivity contribution in [3.05, 3.63) is 42.0 Å². The van der Waals surface area contributed by atoms with Crippen LogP contribution in [0.3, 0.4) is 0 Å². The molecule has 19 heavy (non-hydrogen) atoms. The van der Waals surface area contributed by atoms with Crippen LogP contribution in [0.5, 0.6) is 5.75 Å². The van der Waals surface area contributed by atoms with Crippen LogP contribution in [0, 0.1) is 5.92 Å². The van der Waals surface area contributed by atoms with Crippen molar-refractivity contribution < 1.29 is 4.74 Å². The lowest BCUT2D eigenvalue weighted by atomic mass is 10.0. The van der Waals surface area contributed by atoms with E-state index in [0.717, 1.165) is 25.1 Å². The first-order valence-corrected chi connectivity index (χ1v) is 6.89. The molecule has 0 heterocycles. The molecule has 0 amide bonds. The van der Waals surface area contributed by atoms with Crippen LogP contribution < -0.4 is 4.74 Å². The third-order valence-corrected chi connectivity index (χ3v) is 3.11. The topological polar surface area (TPSA) is 21.6 Å². The second kappa shape index (κ2) is 8.52. The lowest BCUT2D eigenvalue weighted by molar-refractivity contribution is 0.414. The van der Waals surface area contributed by atoms with Crippen LogP contribution in [-0.2, 0) is 6.54 Å². The van der Waals surface area contributed by atoms with E-state index in [2.05, 4.69) is 50.0 Å². The number of allylic oxidation sites excluding steroid dienone is 2. The predicted molar refractivity (Wildman–Crippen MR) is 83.0 cm³/mol. The Morgan fingerprint density at radius 1 is 1.32 bits per heavy atom. The maximum absolute atomic E-state index is 5.14. The van der Waals surface area contributed by atoms with Crippen molar-refractivity contribution in [1.29, 1.82) is 0 Å². The van der Waals surface area contributed by atoms with Crippen LogP contribution in [0.2, 0.25) is 0 Å². The summed E-state index contributed by atoms with van der Waals surface area (Å²) in [4.78, 5) is 4.65. The number of aliphatic imine (C=N–C) groups is 1. The maximum Gasteiger partial charge on any atom is 0.118 e. The summed E-state index contributed by atoms with van der Waals surface area (Å²) in [7, 11) is 1.68. The molecule has 1 rings (SSSR count). The predicted octanol–water partition coefficient (Wildman–Crippen LogP) is 4.65. The Labute approximate surface area is 117 Å². The van der Waals surface area contributed by atoms with Crippen LogP contribution >= 0.6 is 0 Å². The first kappa shape index (κ1) is 15.5. The van der Waals surface area contributed by atoms with E-state index in [1.54, 1.807) is 7.11 Å². The maximum atomic E-state index is 5.14. The largest absolute Gasteiger partial charge is 0.497 e. The van der Waals surface area contributed by atoms with Crippen LogP contribution in [0.1, 0.15) is 39.2 Å². The van der Waals surface area contributed by atoms with Crippen LogP contribution in [0.4, 0.5) is 0 Å². The molecule has 0 aliphatic rings. The van der Waals surface area contributed by atoms with Crippen LogP contribution in [-0.4, -0.2) is 12.8 Å². The van der Waals surface area contributed by atoms with Gasteiger partial charge in [-0.1, -0.05) is 31.2 Å². The average Bonchev–Trinajstić information content (AvgIpc) is 2.43. The lowest BCUT2D eigenvalue weighted by Gasteiger charge is -2.08. The second-order valence-corrected chi connectivity index (χ2v) is 5.01. The van der Waals surface area contributed by atoms with Gasteiger partial charge in [-0.3, -0.25) is 4.99 Å². The molecule has 0 aromatic heterocycles. The quantitative estimate of drug-likeness (QED) is 0.516. The zero-order valence-corrected chi connectivity index (χ0v) is 12.5. The molecule has 0 aliphatic heterocycles. The number of nitrogens with zero attached hydrogens (tertiary/aromatic N) is 1. The summed E-state index contributed by atoms with van der Waals surface area (Å²) < 4.78 is 5.14. The van der Waals surface area contributed by atoms with E-state index in [1.165, 1.54) is 11.3 Å². The van der Waals surface area contributed by atoms with E-state index in [1.807, 2.05) is 12.1 Å². The zero-order valence-electron chi connectivity index (χ0n) is 12.5. The molecule has 1 atom stereocenters. The molecule has 2 heteroatoms. The van der Waals surface area contributed by atoms with Crippen LogP contribution in [0.15, 0.2) is 41.4 Å². The minimum atomic E-state index is 0.663. The summed E-state index contributed by atoms with van der Waals surface area (Å²) in [6.45, 7) is 7.21. The van der Waals surface area contributed by atoms with Gasteiger partial charge in [0.05, 0.1) is 13.7 Å². The summed E-state index contributed by atoms with van der Waals surface area (Å²) in [5.74, 6) is 1.56. The van der Waals surface area contributed by atoms with E-state index >= 15 is 0 Å². The van der Waals surface area contributed by atoms with E-state index < -0.39 is 0 Å². The first-order chi connectivity index (χ1) is 9.15. The minimum Gasteiger partial charge on any atom is -0.497 e. The third-order valence-electron chi connectivity index (χ3n) is 3.11. The summed E-state index contributed by atoms with van der Waals surface area (Å²) in [5, 5.41) is 0. The molecule has 1 unspecified atom stereocenters. The highest BCUT2D eigenvalue weighted by Gasteiger charge is 2.02. The van der Waals surface area contributed by atoms with Crippen molar-refractivity contribution in [2.45, 2.75) is 40.2 Å². The van der Waals surface area contributed by atoms with Gasteiger partial charge < -0.3 is 4.74 Å². The van der Waals surface area contributed by atoms with Gasteiger partial charge in [0.2, 0.25) is 0 Å². The Bertz CT molecular complexity index is 417. The molecular weight excluding hydrogens is 234 g/mol. The Hall–Kier alpha value is -1.57. The number of rotatable bonds is 7. The minimum absolute atomic E-state index is 0.663. The van der Waals surface area contributed by atoms with Crippen LogP contribution in [0.25, 0.3) is 0 Å². The Balaban J connectivity index is 2.45.